The van der Waals surface area contributed by atoms with Crippen molar-refractivity contribution in [2.45, 2.75) is 26.3 Å². The number of ether oxygens (including phenoxy) is 1. The van der Waals surface area contributed by atoms with E-state index in [0.717, 1.165) is 0 Å². The van der Waals surface area contributed by atoms with Gasteiger partial charge in [-0.25, -0.2) is 0 Å². The summed E-state index contributed by atoms with van der Waals surface area (Å²) >= 11 is 6.12. The summed E-state index contributed by atoms with van der Waals surface area (Å²) in [6, 6.07) is 9.26. The normalized spacial score (nSPS) is 18.5. The van der Waals surface area contributed by atoms with Gasteiger partial charge in [-0.2, -0.15) is 0 Å². The van der Waals surface area contributed by atoms with E-state index in [2.05, 4.69) is 4.98 Å². The number of carbonyl (C=O) groups is 2. The van der Waals surface area contributed by atoms with Crippen molar-refractivity contribution in [3.63, 3.8) is 0 Å². The third kappa shape index (κ3) is 3.60. The van der Waals surface area contributed by atoms with Crippen LogP contribution in [0.2, 0.25) is 5.02 Å². The molecule has 1 saturated heterocycles. The second kappa shape index (κ2) is 8.44. The first-order valence-corrected chi connectivity index (χ1v) is 9.49. The second-order valence-electron chi connectivity index (χ2n) is 6.33. The highest BCUT2D eigenvalue weighted by molar-refractivity contribution is 6.46. The number of likely N-dealkylation sites (tertiary alicyclic amines) is 1. The van der Waals surface area contributed by atoms with E-state index >= 15 is 0 Å². The van der Waals surface area contributed by atoms with Crippen molar-refractivity contribution in [1.29, 1.82) is 0 Å². The largest absolute Gasteiger partial charge is 0.507 e. The van der Waals surface area contributed by atoms with Crippen molar-refractivity contribution in [3.05, 3.63) is 64.4 Å². The summed E-state index contributed by atoms with van der Waals surface area (Å²) < 4.78 is 5.47. The van der Waals surface area contributed by atoms with Gasteiger partial charge in [0, 0.05) is 18.3 Å². The summed E-state index contributed by atoms with van der Waals surface area (Å²) in [5.41, 5.74) is 0.890. The van der Waals surface area contributed by atoms with Crippen LogP contribution in [0.25, 0.3) is 5.76 Å². The van der Waals surface area contributed by atoms with E-state index in [1.54, 1.807) is 42.6 Å². The summed E-state index contributed by atoms with van der Waals surface area (Å²) in [7, 11) is 0. The summed E-state index contributed by atoms with van der Waals surface area (Å²) in [5.74, 6) is -1.25. The van der Waals surface area contributed by atoms with Crippen LogP contribution < -0.4 is 4.74 Å². The van der Waals surface area contributed by atoms with Gasteiger partial charge in [0.1, 0.15) is 17.6 Å². The fraction of sp³-hybridized carbons (Fsp3) is 0.286. The number of rotatable bonds is 6. The number of carbonyl (C=O) groups excluding carboxylic acids is 2. The number of aliphatic hydroxyl groups is 1. The molecule has 1 aliphatic heterocycles. The van der Waals surface area contributed by atoms with Crippen LogP contribution in [0.5, 0.6) is 5.75 Å². The van der Waals surface area contributed by atoms with Gasteiger partial charge in [0.2, 0.25) is 0 Å². The lowest BCUT2D eigenvalue weighted by Crippen LogP contribution is -2.30. The van der Waals surface area contributed by atoms with Crippen LogP contribution in [0.4, 0.5) is 0 Å². The molecule has 1 unspecified atom stereocenters. The molecule has 28 heavy (non-hydrogen) atoms. The molecule has 1 aromatic heterocycles. The van der Waals surface area contributed by atoms with Gasteiger partial charge >= 0.3 is 0 Å². The maximum Gasteiger partial charge on any atom is 0.295 e. The van der Waals surface area contributed by atoms with Crippen molar-refractivity contribution >= 4 is 29.1 Å². The van der Waals surface area contributed by atoms with Crippen LogP contribution in [-0.4, -0.2) is 39.8 Å². The molecule has 1 atom stereocenters. The standard InChI is InChI=1S/C21H21ClN2O4/c1-3-11-24-18(15-7-5-6-10-23-15)17(20(26)21(24)27)19(25)13-8-9-14(22)16(12-13)28-4-2/h5-10,12,18,25H,3-4,11H2,1-2H3/b19-17-. The van der Waals surface area contributed by atoms with Gasteiger partial charge in [-0.1, -0.05) is 24.6 Å². The molecule has 0 radical (unpaired) electrons. The zero-order valence-corrected chi connectivity index (χ0v) is 16.4. The lowest BCUT2D eigenvalue weighted by molar-refractivity contribution is -0.139. The quantitative estimate of drug-likeness (QED) is 0.451. The Kier molecular flexibility index (Phi) is 5.99. The molecule has 3 rings (SSSR count). The highest BCUT2D eigenvalue weighted by Crippen LogP contribution is 2.39. The highest BCUT2D eigenvalue weighted by atomic mass is 35.5. The van der Waals surface area contributed by atoms with Gasteiger partial charge in [-0.05, 0) is 43.7 Å². The Morgan fingerprint density at radius 2 is 2.04 bits per heavy atom. The minimum absolute atomic E-state index is 0.0157. The first-order chi connectivity index (χ1) is 13.5. The molecule has 0 bridgehead atoms. The Labute approximate surface area is 168 Å². The monoisotopic (exact) mass is 400 g/mol. The van der Waals surface area contributed by atoms with E-state index in [-0.39, 0.29) is 11.3 Å². The van der Waals surface area contributed by atoms with Crippen LogP contribution >= 0.6 is 11.6 Å². The van der Waals surface area contributed by atoms with Crippen LogP contribution in [-0.2, 0) is 9.59 Å². The number of amides is 1. The molecule has 1 aliphatic rings. The van der Waals surface area contributed by atoms with E-state index in [0.29, 0.717) is 41.6 Å². The summed E-state index contributed by atoms with van der Waals surface area (Å²) in [6.07, 6.45) is 2.27. The van der Waals surface area contributed by atoms with Crippen LogP contribution in [0.3, 0.4) is 0 Å². The average Bonchev–Trinajstić information content (AvgIpc) is 2.95. The van der Waals surface area contributed by atoms with E-state index in [1.165, 1.54) is 4.90 Å². The Bertz CT molecular complexity index is 927. The number of benzene rings is 1. The van der Waals surface area contributed by atoms with Crippen molar-refractivity contribution in [3.8, 4) is 5.75 Å². The third-order valence-electron chi connectivity index (χ3n) is 4.48. The lowest BCUT2D eigenvalue weighted by atomic mass is 9.98. The number of aromatic nitrogens is 1. The Morgan fingerprint density at radius 3 is 2.68 bits per heavy atom. The maximum absolute atomic E-state index is 12.8. The lowest BCUT2D eigenvalue weighted by Gasteiger charge is -2.23. The zero-order valence-electron chi connectivity index (χ0n) is 15.7. The van der Waals surface area contributed by atoms with Crippen LogP contribution in [0.15, 0.2) is 48.2 Å². The summed E-state index contributed by atoms with van der Waals surface area (Å²) in [4.78, 5) is 31.1. The third-order valence-corrected chi connectivity index (χ3v) is 4.79. The van der Waals surface area contributed by atoms with Gasteiger partial charge in [-0.3, -0.25) is 14.6 Å². The summed E-state index contributed by atoms with van der Waals surface area (Å²) in [5, 5.41) is 11.4. The topological polar surface area (TPSA) is 79.7 Å². The number of nitrogens with zero attached hydrogens (tertiary/aromatic N) is 2. The molecule has 1 fully saturated rings. The van der Waals surface area contributed by atoms with Gasteiger partial charge in [-0.15, -0.1) is 0 Å². The predicted octanol–water partition coefficient (Wildman–Crippen LogP) is 3.97. The number of halogens is 1. The SMILES string of the molecule is CCCN1C(=O)C(=O)/C(=C(\O)c2ccc(Cl)c(OCC)c2)C1c1ccccn1. The van der Waals surface area contributed by atoms with Crippen molar-refractivity contribution < 1.29 is 19.4 Å². The molecule has 146 valence electrons. The molecule has 1 aromatic carbocycles. The van der Waals surface area contributed by atoms with Crippen molar-refractivity contribution in [1.82, 2.24) is 9.88 Å². The number of Topliss-reactive ketones (excluding diaryl/α,β-unsaturated/α-hetero) is 1. The number of hydrogen-bond acceptors (Lipinski definition) is 5. The molecular formula is C21H21ClN2O4. The molecule has 0 aliphatic carbocycles. The minimum atomic E-state index is -0.743. The Hall–Kier alpha value is -2.86. The van der Waals surface area contributed by atoms with Crippen molar-refractivity contribution in [2.24, 2.45) is 0 Å². The van der Waals surface area contributed by atoms with Gasteiger partial charge in [0.15, 0.2) is 0 Å². The molecule has 0 saturated carbocycles. The number of hydrogen-bond donors (Lipinski definition) is 1. The fourth-order valence-electron chi connectivity index (χ4n) is 3.27. The average molecular weight is 401 g/mol. The number of pyridine rings is 1. The Morgan fingerprint density at radius 1 is 1.25 bits per heavy atom. The number of ketones is 1. The van der Waals surface area contributed by atoms with Crippen LogP contribution in [0, 0.1) is 0 Å². The van der Waals surface area contributed by atoms with Gasteiger partial charge in [0.05, 0.1) is 22.9 Å². The van der Waals surface area contributed by atoms with E-state index in [1.807, 2.05) is 13.8 Å². The molecular weight excluding hydrogens is 380 g/mol. The van der Waals surface area contributed by atoms with E-state index in [4.69, 9.17) is 16.3 Å². The summed E-state index contributed by atoms with van der Waals surface area (Å²) in [6.45, 7) is 4.52. The van der Waals surface area contributed by atoms with Crippen LogP contribution in [0.1, 0.15) is 37.6 Å². The van der Waals surface area contributed by atoms with Gasteiger partial charge in [0.25, 0.3) is 11.7 Å². The second-order valence-corrected chi connectivity index (χ2v) is 6.73. The fourth-order valence-corrected chi connectivity index (χ4v) is 3.44. The molecule has 7 heteroatoms. The first kappa shape index (κ1) is 19.9. The minimum Gasteiger partial charge on any atom is -0.507 e. The van der Waals surface area contributed by atoms with Crippen molar-refractivity contribution in [2.75, 3.05) is 13.2 Å². The molecule has 2 heterocycles. The smallest absolute Gasteiger partial charge is 0.295 e. The Balaban J connectivity index is 2.17. The number of aliphatic hydroxyl groups excluding tert-OH is 1. The maximum atomic E-state index is 12.8. The highest BCUT2D eigenvalue weighted by Gasteiger charge is 2.46. The molecule has 0 spiro atoms. The van der Waals surface area contributed by atoms with Gasteiger partial charge < -0.3 is 14.7 Å². The zero-order chi connectivity index (χ0) is 20.3. The molecule has 1 amide bonds. The first-order valence-electron chi connectivity index (χ1n) is 9.11. The van der Waals surface area contributed by atoms with E-state index < -0.39 is 17.7 Å². The predicted molar refractivity (Wildman–Crippen MR) is 106 cm³/mol. The van der Waals surface area contributed by atoms with E-state index in [9.17, 15) is 14.7 Å². The molecule has 1 N–H and O–H groups in total. The molecule has 6 nitrogen and oxygen atoms in total. The molecule has 2 aromatic rings.